The molecule has 0 saturated carbocycles. The number of halogens is 1. The van der Waals surface area contributed by atoms with Gasteiger partial charge in [0.25, 0.3) is 0 Å². The van der Waals surface area contributed by atoms with Crippen LogP contribution < -0.4 is 0 Å². The van der Waals surface area contributed by atoms with E-state index >= 15 is 0 Å². The molecule has 0 fully saturated rings. The lowest BCUT2D eigenvalue weighted by Gasteiger charge is -1.93. The van der Waals surface area contributed by atoms with Gasteiger partial charge in [0.1, 0.15) is 0 Å². The normalized spacial score (nSPS) is 10.7. The SMILES string of the molecule is Cc1c[nH]c2cccc(I)c12. The van der Waals surface area contributed by atoms with Crippen molar-refractivity contribution in [1.82, 2.24) is 4.98 Å². The minimum Gasteiger partial charge on any atom is -0.361 e. The van der Waals surface area contributed by atoms with Crippen LogP contribution in [0.15, 0.2) is 24.4 Å². The lowest BCUT2D eigenvalue weighted by molar-refractivity contribution is 1.43. The molecule has 1 N–H and O–H groups in total. The Morgan fingerprint density at radius 3 is 2.91 bits per heavy atom. The molecule has 56 valence electrons. The van der Waals surface area contributed by atoms with E-state index in [1.165, 1.54) is 20.0 Å². The molecule has 1 aromatic heterocycles. The molecule has 0 aliphatic carbocycles. The first-order valence-electron chi connectivity index (χ1n) is 3.51. The fourth-order valence-electron chi connectivity index (χ4n) is 1.30. The summed E-state index contributed by atoms with van der Waals surface area (Å²) in [4.78, 5) is 3.22. The highest BCUT2D eigenvalue weighted by Crippen LogP contribution is 2.22. The van der Waals surface area contributed by atoms with Crippen LogP contribution in [0.5, 0.6) is 0 Å². The summed E-state index contributed by atoms with van der Waals surface area (Å²) in [6.07, 6.45) is 2.05. The van der Waals surface area contributed by atoms with Crippen molar-refractivity contribution in [3.8, 4) is 0 Å². The first kappa shape index (κ1) is 7.16. The van der Waals surface area contributed by atoms with Gasteiger partial charge in [-0.1, -0.05) is 6.07 Å². The highest BCUT2D eigenvalue weighted by Gasteiger charge is 2.01. The summed E-state index contributed by atoms with van der Waals surface area (Å²) < 4.78 is 1.32. The molecular weight excluding hydrogens is 249 g/mol. The van der Waals surface area contributed by atoms with Gasteiger partial charge < -0.3 is 4.98 Å². The Morgan fingerprint density at radius 1 is 1.36 bits per heavy atom. The van der Waals surface area contributed by atoms with E-state index in [2.05, 4.69) is 52.7 Å². The molecule has 0 aliphatic rings. The third-order valence-corrected chi connectivity index (χ3v) is 2.75. The van der Waals surface area contributed by atoms with Gasteiger partial charge in [-0.3, -0.25) is 0 Å². The molecule has 0 aliphatic heterocycles. The minimum absolute atomic E-state index is 1.23. The standard InChI is InChI=1S/C9H8IN/c1-6-5-11-8-4-2-3-7(10)9(6)8/h2-5,11H,1H3. The molecule has 1 aromatic carbocycles. The summed E-state index contributed by atoms with van der Waals surface area (Å²) in [6.45, 7) is 2.13. The molecule has 0 bridgehead atoms. The predicted octanol–water partition coefficient (Wildman–Crippen LogP) is 3.08. The summed E-state index contributed by atoms with van der Waals surface area (Å²) in [7, 11) is 0. The van der Waals surface area contributed by atoms with Gasteiger partial charge in [-0.15, -0.1) is 0 Å². The first-order valence-corrected chi connectivity index (χ1v) is 4.59. The number of fused-ring (bicyclic) bond motifs is 1. The number of benzene rings is 1. The molecule has 0 amide bonds. The molecule has 2 heteroatoms. The van der Waals surface area contributed by atoms with Crippen molar-refractivity contribution in [2.45, 2.75) is 6.92 Å². The number of aryl methyl sites for hydroxylation is 1. The van der Waals surface area contributed by atoms with Crippen LogP contribution in [0, 0.1) is 10.5 Å². The molecule has 0 atom stereocenters. The molecule has 0 radical (unpaired) electrons. The maximum absolute atomic E-state index is 3.22. The lowest BCUT2D eigenvalue weighted by Crippen LogP contribution is -1.73. The Kier molecular flexibility index (Phi) is 1.64. The topological polar surface area (TPSA) is 15.8 Å². The third kappa shape index (κ3) is 1.05. The minimum atomic E-state index is 1.23. The molecule has 0 saturated heterocycles. The van der Waals surface area contributed by atoms with Gasteiger partial charge in [-0.2, -0.15) is 0 Å². The van der Waals surface area contributed by atoms with E-state index in [1.807, 2.05) is 6.20 Å². The summed E-state index contributed by atoms with van der Waals surface area (Å²) in [5.41, 5.74) is 2.56. The maximum Gasteiger partial charge on any atom is 0.0467 e. The van der Waals surface area contributed by atoms with Crippen LogP contribution in [0.2, 0.25) is 0 Å². The summed E-state index contributed by atoms with van der Waals surface area (Å²) in [5.74, 6) is 0. The summed E-state index contributed by atoms with van der Waals surface area (Å²) >= 11 is 2.36. The van der Waals surface area contributed by atoms with Crippen LogP contribution in [0.25, 0.3) is 10.9 Å². The second-order valence-electron chi connectivity index (χ2n) is 2.63. The number of H-pyrrole nitrogens is 1. The summed E-state index contributed by atoms with van der Waals surface area (Å²) in [6, 6.07) is 6.30. The van der Waals surface area contributed by atoms with E-state index in [9.17, 15) is 0 Å². The van der Waals surface area contributed by atoms with Crippen molar-refractivity contribution < 1.29 is 0 Å². The van der Waals surface area contributed by atoms with Crippen LogP contribution in [-0.4, -0.2) is 4.98 Å². The van der Waals surface area contributed by atoms with Gasteiger partial charge in [0.15, 0.2) is 0 Å². The monoisotopic (exact) mass is 257 g/mol. The zero-order valence-electron chi connectivity index (χ0n) is 6.19. The van der Waals surface area contributed by atoms with Crippen molar-refractivity contribution in [3.63, 3.8) is 0 Å². The number of hydrogen-bond acceptors (Lipinski definition) is 0. The van der Waals surface area contributed by atoms with Gasteiger partial charge in [-0.05, 0) is 47.2 Å². The largest absolute Gasteiger partial charge is 0.361 e. The molecule has 11 heavy (non-hydrogen) atoms. The van der Waals surface area contributed by atoms with E-state index in [0.29, 0.717) is 0 Å². The van der Waals surface area contributed by atoms with E-state index in [1.54, 1.807) is 0 Å². The summed E-state index contributed by atoms with van der Waals surface area (Å²) in [5, 5.41) is 1.35. The van der Waals surface area contributed by atoms with Gasteiger partial charge in [0.2, 0.25) is 0 Å². The fourth-order valence-corrected chi connectivity index (χ4v) is 2.23. The number of rotatable bonds is 0. The molecule has 1 nitrogen and oxygen atoms in total. The average Bonchev–Trinajstić information content (AvgIpc) is 2.34. The smallest absolute Gasteiger partial charge is 0.0467 e. The maximum atomic E-state index is 3.22. The lowest BCUT2D eigenvalue weighted by atomic mass is 10.2. The number of aromatic nitrogens is 1. The fraction of sp³-hybridized carbons (Fsp3) is 0.111. The Hall–Kier alpha value is -0.510. The highest BCUT2D eigenvalue weighted by molar-refractivity contribution is 14.1. The first-order chi connectivity index (χ1) is 5.29. The van der Waals surface area contributed by atoms with E-state index in [0.717, 1.165) is 0 Å². The molecule has 0 unspecified atom stereocenters. The molecule has 2 rings (SSSR count). The van der Waals surface area contributed by atoms with E-state index < -0.39 is 0 Å². The van der Waals surface area contributed by atoms with Crippen LogP contribution in [0.3, 0.4) is 0 Å². The third-order valence-electron chi connectivity index (χ3n) is 1.85. The van der Waals surface area contributed by atoms with Crippen molar-refractivity contribution in [2.75, 3.05) is 0 Å². The zero-order chi connectivity index (χ0) is 7.84. The van der Waals surface area contributed by atoms with Crippen molar-refractivity contribution in [3.05, 3.63) is 33.5 Å². The van der Waals surface area contributed by atoms with Gasteiger partial charge in [-0.25, -0.2) is 0 Å². The van der Waals surface area contributed by atoms with Crippen molar-refractivity contribution in [2.24, 2.45) is 0 Å². The van der Waals surface area contributed by atoms with Crippen LogP contribution in [0.4, 0.5) is 0 Å². The Balaban J connectivity index is 2.96. The molecule has 1 heterocycles. The van der Waals surface area contributed by atoms with E-state index in [-0.39, 0.29) is 0 Å². The van der Waals surface area contributed by atoms with E-state index in [4.69, 9.17) is 0 Å². The molecular formula is C9H8IN. The number of aromatic amines is 1. The van der Waals surface area contributed by atoms with Gasteiger partial charge in [0.05, 0.1) is 0 Å². The van der Waals surface area contributed by atoms with Crippen LogP contribution in [0.1, 0.15) is 5.56 Å². The quantitative estimate of drug-likeness (QED) is 0.698. The highest BCUT2D eigenvalue weighted by atomic mass is 127. The molecule has 0 spiro atoms. The zero-order valence-corrected chi connectivity index (χ0v) is 8.34. The van der Waals surface area contributed by atoms with Crippen LogP contribution >= 0.6 is 22.6 Å². The second-order valence-corrected chi connectivity index (χ2v) is 3.80. The Bertz CT molecular complexity index is 389. The van der Waals surface area contributed by atoms with Gasteiger partial charge >= 0.3 is 0 Å². The molecule has 2 aromatic rings. The Labute approximate surface area is 78.9 Å². The second kappa shape index (κ2) is 2.52. The number of hydrogen-bond donors (Lipinski definition) is 1. The van der Waals surface area contributed by atoms with Crippen molar-refractivity contribution in [1.29, 1.82) is 0 Å². The number of nitrogens with one attached hydrogen (secondary N) is 1. The van der Waals surface area contributed by atoms with Crippen LogP contribution in [-0.2, 0) is 0 Å². The average molecular weight is 257 g/mol. The Morgan fingerprint density at radius 2 is 2.18 bits per heavy atom. The van der Waals surface area contributed by atoms with Gasteiger partial charge in [0, 0.05) is 20.7 Å². The van der Waals surface area contributed by atoms with Crippen molar-refractivity contribution >= 4 is 33.5 Å². The predicted molar refractivity (Wildman–Crippen MR) is 55.8 cm³/mol.